The fourth-order valence-corrected chi connectivity index (χ4v) is 2.11. The zero-order valence-electron chi connectivity index (χ0n) is 10.1. The van der Waals surface area contributed by atoms with Gasteiger partial charge in [0.2, 0.25) is 0 Å². The predicted octanol–water partition coefficient (Wildman–Crippen LogP) is 4.44. The topological polar surface area (TPSA) is 17.1 Å². The Morgan fingerprint density at radius 3 is 2.56 bits per heavy atom. The number of hydrogen-bond donors (Lipinski definition) is 0. The van der Waals surface area contributed by atoms with E-state index in [0.29, 0.717) is 16.7 Å². The molecule has 0 saturated heterocycles. The lowest BCUT2D eigenvalue weighted by Gasteiger charge is -2.07. The van der Waals surface area contributed by atoms with Crippen LogP contribution in [0.3, 0.4) is 0 Å². The van der Waals surface area contributed by atoms with Crippen LogP contribution in [0.15, 0.2) is 40.9 Å². The molecule has 0 aliphatic rings. The highest BCUT2D eigenvalue weighted by molar-refractivity contribution is 9.10. The smallest absolute Gasteiger partial charge is 0.193 e. The minimum Gasteiger partial charge on any atom is -0.289 e. The van der Waals surface area contributed by atoms with Gasteiger partial charge in [-0.25, -0.2) is 4.39 Å². The van der Waals surface area contributed by atoms with Gasteiger partial charge in [-0.15, -0.1) is 0 Å². The molecule has 92 valence electrons. The SMILES string of the molecule is Cc1ccc(C(=O)c2cccc(Br)c2C)cc1F. The third kappa shape index (κ3) is 2.36. The zero-order valence-corrected chi connectivity index (χ0v) is 11.7. The Bertz CT molecular complexity index is 620. The molecule has 2 aromatic carbocycles. The third-order valence-electron chi connectivity index (χ3n) is 2.95. The average Bonchev–Trinajstić information content (AvgIpc) is 2.35. The largest absolute Gasteiger partial charge is 0.289 e. The molecule has 0 fully saturated rings. The molecule has 0 saturated carbocycles. The van der Waals surface area contributed by atoms with Crippen molar-refractivity contribution in [1.82, 2.24) is 0 Å². The summed E-state index contributed by atoms with van der Waals surface area (Å²) < 4.78 is 14.3. The Kier molecular flexibility index (Phi) is 3.62. The van der Waals surface area contributed by atoms with Crippen molar-refractivity contribution in [3.05, 3.63) is 68.9 Å². The molecule has 0 unspecified atom stereocenters. The van der Waals surface area contributed by atoms with Crippen LogP contribution in [0.2, 0.25) is 0 Å². The molecular weight excluding hydrogens is 295 g/mol. The summed E-state index contributed by atoms with van der Waals surface area (Å²) in [5.74, 6) is -0.513. The van der Waals surface area contributed by atoms with Crippen LogP contribution >= 0.6 is 15.9 Å². The first kappa shape index (κ1) is 13.0. The fourth-order valence-electron chi connectivity index (χ4n) is 1.74. The summed E-state index contributed by atoms with van der Waals surface area (Å²) in [6.07, 6.45) is 0. The molecule has 0 aliphatic heterocycles. The van der Waals surface area contributed by atoms with Gasteiger partial charge in [0.1, 0.15) is 5.82 Å². The molecule has 0 atom stereocenters. The number of carbonyl (C=O) groups is 1. The lowest BCUT2D eigenvalue weighted by molar-refractivity contribution is 0.103. The van der Waals surface area contributed by atoms with Crippen molar-refractivity contribution < 1.29 is 9.18 Å². The zero-order chi connectivity index (χ0) is 13.3. The molecule has 2 rings (SSSR count). The Balaban J connectivity index is 2.48. The molecule has 0 radical (unpaired) electrons. The molecule has 2 aromatic rings. The Morgan fingerprint density at radius 1 is 1.17 bits per heavy atom. The van der Waals surface area contributed by atoms with Gasteiger partial charge in [-0.3, -0.25) is 4.79 Å². The summed E-state index contributed by atoms with van der Waals surface area (Å²) in [6, 6.07) is 9.99. The van der Waals surface area contributed by atoms with Gasteiger partial charge >= 0.3 is 0 Å². The number of ketones is 1. The van der Waals surface area contributed by atoms with Crippen LogP contribution in [0.4, 0.5) is 4.39 Å². The molecule has 0 amide bonds. The molecule has 0 aliphatic carbocycles. The van der Waals surface area contributed by atoms with E-state index < -0.39 is 0 Å². The fraction of sp³-hybridized carbons (Fsp3) is 0.133. The summed E-state index contributed by atoms with van der Waals surface area (Å²) in [4.78, 5) is 12.3. The second-order valence-corrected chi connectivity index (χ2v) is 5.06. The van der Waals surface area contributed by atoms with Crippen molar-refractivity contribution in [2.45, 2.75) is 13.8 Å². The maximum atomic E-state index is 13.5. The van der Waals surface area contributed by atoms with E-state index >= 15 is 0 Å². The van der Waals surface area contributed by atoms with Gasteiger partial charge < -0.3 is 0 Å². The highest BCUT2D eigenvalue weighted by Gasteiger charge is 2.14. The lowest BCUT2D eigenvalue weighted by Crippen LogP contribution is -2.04. The lowest BCUT2D eigenvalue weighted by atomic mass is 9.98. The van der Waals surface area contributed by atoms with Crippen molar-refractivity contribution in [2.24, 2.45) is 0 Å². The van der Waals surface area contributed by atoms with Crippen molar-refractivity contribution in [2.75, 3.05) is 0 Å². The van der Waals surface area contributed by atoms with Gasteiger partial charge in [-0.1, -0.05) is 40.2 Å². The van der Waals surface area contributed by atoms with Crippen LogP contribution in [0.5, 0.6) is 0 Å². The van der Waals surface area contributed by atoms with E-state index in [1.54, 1.807) is 31.2 Å². The summed E-state index contributed by atoms with van der Waals surface area (Å²) in [6.45, 7) is 3.54. The number of aryl methyl sites for hydroxylation is 1. The molecule has 0 heterocycles. The van der Waals surface area contributed by atoms with Gasteiger partial charge in [0.15, 0.2) is 5.78 Å². The van der Waals surface area contributed by atoms with E-state index in [9.17, 15) is 9.18 Å². The van der Waals surface area contributed by atoms with Crippen LogP contribution in [-0.2, 0) is 0 Å². The second-order valence-electron chi connectivity index (χ2n) is 4.21. The van der Waals surface area contributed by atoms with Gasteiger partial charge in [0.05, 0.1) is 0 Å². The van der Waals surface area contributed by atoms with E-state index in [4.69, 9.17) is 0 Å². The van der Waals surface area contributed by atoms with Crippen molar-refractivity contribution in [3.63, 3.8) is 0 Å². The quantitative estimate of drug-likeness (QED) is 0.750. The van der Waals surface area contributed by atoms with Gasteiger partial charge in [0.25, 0.3) is 0 Å². The number of hydrogen-bond acceptors (Lipinski definition) is 1. The molecule has 0 aromatic heterocycles. The first-order valence-electron chi connectivity index (χ1n) is 5.56. The van der Waals surface area contributed by atoms with Crippen molar-refractivity contribution in [3.8, 4) is 0 Å². The molecule has 0 bridgehead atoms. The van der Waals surface area contributed by atoms with Crippen molar-refractivity contribution in [1.29, 1.82) is 0 Å². The number of carbonyl (C=O) groups excluding carboxylic acids is 1. The maximum absolute atomic E-state index is 13.5. The first-order valence-corrected chi connectivity index (χ1v) is 6.36. The molecule has 1 nitrogen and oxygen atoms in total. The Hall–Kier alpha value is -1.48. The van der Waals surface area contributed by atoms with Gasteiger partial charge in [0, 0.05) is 15.6 Å². The third-order valence-corrected chi connectivity index (χ3v) is 3.81. The summed E-state index contributed by atoms with van der Waals surface area (Å²) >= 11 is 3.39. The van der Waals surface area contributed by atoms with E-state index in [2.05, 4.69) is 15.9 Å². The Labute approximate surface area is 114 Å². The molecule has 0 N–H and O–H groups in total. The highest BCUT2D eigenvalue weighted by Crippen LogP contribution is 2.22. The van der Waals surface area contributed by atoms with E-state index in [1.807, 2.05) is 13.0 Å². The predicted molar refractivity (Wildman–Crippen MR) is 73.4 cm³/mol. The van der Waals surface area contributed by atoms with E-state index in [1.165, 1.54) is 6.07 Å². The monoisotopic (exact) mass is 306 g/mol. The summed E-state index contributed by atoms with van der Waals surface area (Å²) in [5, 5.41) is 0. The first-order chi connectivity index (χ1) is 8.50. The molecule has 0 spiro atoms. The maximum Gasteiger partial charge on any atom is 0.193 e. The molecule has 18 heavy (non-hydrogen) atoms. The normalized spacial score (nSPS) is 10.4. The molecular formula is C15H12BrFO. The van der Waals surface area contributed by atoms with Crippen molar-refractivity contribution >= 4 is 21.7 Å². The average molecular weight is 307 g/mol. The van der Waals surface area contributed by atoms with Gasteiger partial charge in [-0.05, 0) is 37.1 Å². The van der Waals surface area contributed by atoms with Crippen LogP contribution in [0.1, 0.15) is 27.0 Å². The summed E-state index contributed by atoms with van der Waals surface area (Å²) in [7, 11) is 0. The van der Waals surface area contributed by atoms with Gasteiger partial charge in [-0.2, -0.15) is 0 Å². The highest BCUT2D eigenvalue weighted by atomic mass is 79.9. The van der Waals surface area contributed by atoms with E-state index in [-0.39, 0.29) is 11.6 Å². The number of halogens is 2. The minimum absolute atomic E-state index is 0.160. The minimum atomic E-state index is -0.353. The Morgan fingerprint density at radius 2 is 1.89 bits per heavy atom. The van der Waals surface area contributed by atoms with E-state index in [0.717, 1.165) is 10.0 Å². The van der Waals surface area contributed by atoms with Crippen LogP contribution in [-0.4, -0.2) is 5.78 Å². The van der Waals surface area contributed by atoms with Crippen LogP contribution < -0.4 is 0 Å². The summed E-state index contributed by atoms with van der Waals surface area (Å²) in [5.41, 5.74) is 2.37. The second kappa shape index (κ2) is 5.02. The number of rotatable bonds is 2. The van der Waals surface area contributed by atoms with Crippen LogP contribution in [0.25, 0.3) is 0 Å². The number of benzene rings is 2. The standard InChI is InChI=1S/C15H12BrFO/c1-9-6-7-11(8-14(9)17)15(18)12-4-3-5-13(16)10(12)2/h3-8H,1-2H3. The molecule has 3 heteroatoms. The van der Waals surface area contributed by atoms with Crippen LogP contribution in [0, 0.1) is 19.7 Å².